The fourth-order valence-electron chi connectivity index (χ4n) is 3.31. The molecule has 1 saturated carbocycles. The monoisotopic (exact) mass is 246 g/mol. The van der Waals surface area contributed by atoms with Gasteiger partial charge in [0.25, 0.3) is 0 Å². The van der Waals surface area contributed by atoms with Gasteiger partial charge in [0.15, 0.2) is 0 Å². The van der Waals surface area contributed by atoms with Gasteiger partial charge < -0.3 is 9.84 Å². The molecule has 1 aromatic carbocycles. The van der Waals surface area contributed by atoms with E-state index in [4.69, 9.17) is 4.74 Å². The molecule has 98 valence electrons. The Bertz CT molecular complexity index is 408. The summed E-state index contributed by atoms with van der Waals surface area (Å²) in [5, 5.41) is 10.0. The van der Waals surface area contributed by atoms with Gasteiger partial charge in [0.05, 0.1) is 12.7 Å². The Kier molecular flexibility index (Phi) is 3.55. The van der Waals surface area contributed by atoms with Crippen LogP contribution in [-0.2, 0) is 6.42 Å². The van der Waals surface area contributed by atoms with Crippen molar-refractivity contribution in [3.8, 4) is 5.75 Å². The third-order valence-corrected chi connectivity index (χ3v) is 4.38. The lowest BCUT2D eigenvalue weighted by Crippen LogP contribution is -2.13. The molecular weight excluding hydrogens is 224 g/mol. The molecule has 2 heteroatoms. The van der Waals surface area contributed by atoms with E-state index in [1.807, 2.05) is 12.1 Å². The third kappa shape index (κ3) is 2.39. The van der Waals surface area contributed by atoms with Gasteiger partial charge in [-0.15, -0.1) is 0 Å². The molecule has 1 unspecified atom stereocenters. The van der Waals surface area contributed by atoms with Gasteiger partial charge in [0.2, 0.25) is 0 Å². The predicted molar refractivity (Wildman–Crippen MR) is 71.8 cm³/mol. The molecule has 1 N–H and O–H groups in total. The minimum absolute atomic E-state index is 0.288. The molecule has 2 aliphatic rings. The van der Waals surface area contributed by atoms with Crippen molar-refractivity contribution in [2.75, 3.05) is 6.61 Å². The molecule has 0 heterocycles. The van der Waals surface area contributed by atoms with Crippen LogP contribution in [0.4, 0.5) is 0 Å². The van der Waals surface area contributed by atoms with Gasteiger partial charge in [0, 0.05) is 0 Å². The van der Waals surface area contributed by atoms with E-state index in [1.165, 1.54) is 31.2 Å². The molecule has 0 saturated heterocycles. The Hall–Kier alpha value is -1.02. The second-order valence-electron chi connectivity index (χ2n) is 5.69. The number of benzene rings is 1. The molecule has 0 radical (unpaired) electrons. The van der Waals surface area contributed by atoms with Crippen LogP contribution >= 0.6 is 0 Å². The van der Waals surface area contributed by atoms with Crippen molar-refractivity contribution >= 4 is 0 Å². The highest BCUT2D eigenvalue weighted by Crippen LogP contribution is 2.35. The molecule has 0 spiro atoms. The fourth-order valence-corrected chi connectivity index (χ4v) is 3.31. The van der Waals surface area contributed by atoms with Crippen molar-refractivity contribution in [2.45, 2.75) is 51.0 Å². The topological polar surface area (TPSA) is 29.5 Å². The standard InChI is InChI=1S/C16H22O2/c17-15-9-3-8-14-13(15)7-4-10-16(14)18-11-12-5-1-2-6-12/h4,7,10,12,15,17H,1-3,5-6,8-9,11H2. The van der Waals surface area contributed by atoms with Crippen LogP contribution in [0.1, 0.15) is 55.8 Å². The molecule has 1 atom stereocenters. The lowest BCUT2D eigenvalue weighted by Gasteiger charge is -2.24. The average Bonchev–Trinajstić information content (AvgIpc) is 2.90. The van der Waals surface area contributed by atoms with Crippen LogP contribution in [-0.4, -0.2) is 11.7 Å². The highest BCUT2D eigenvalue weighted by Gasteiger charge is 2.22. The minimum Gasteiger partial charge on any atom is -0.493 e. The normalized spacial score (nSPS) is 23.9. The van der Waals surface area contributed by atoms with Gasteiger partial charge in [-0.2, -0.15) is 0 Å². The first-order chi connectivity index (χ1) is 8.84. The second kappa shape index (κ2) is 5.31. The zero-order valence-electron chi connectivity index (χ0n) is 10.9. The maximum absolute atomic E-state index is 10.0. The quantitative estimate of drug-likeness (QED) is 0.882. The van der Waals surface area contributed by atoms with Gasteiger partial charge in [-0.1, -0.05) is 25.0 Å². The first kappa shape index (κ1) is 12.0. The Balaban J connectivity index is 1.73. The summed E-state index contributed by atoms with van der Waals surface area (Å²) < 4.78 is 6.03. The second-order valence-corrected chi connectivity index (χ2v) is 5.69. The Labute approximate surface area is 109 Å². The molecule has 2 nitrogen and oxygen atoms in total. The summed E-state index contributed by atoms with van der Waals surface area (Å²) in [4.78, 5) is 0. The van der Waals surface area contributed by atoms with Crippen LogP contribution in [0.2, 0.25) is 0 Å². The molecule has 0 aromatic heterocycles. The highest BCUT2D eigenvalue weighted by molar-refractivity contribution is 5.42. The lowest BCUT2D eigenvalue weighted by molar-refractivity contribution is 0.154. The zero-order valence-corrected chi connectivity index (χ0v) is 10.9. The molecule has 1 fully saturated rings. The van der Waals surface area contributed by atoms with Crippen LogP contribution in [0.15, 0.2) is 18.2 Å². The van der Waals surface area contributed by atoms with E-state index in [1.54, 1.807) is 0 Å². The van der Waals surface area contributed by atoms with Crippen LogP contribution < -0.4 is 4.74 Å². The first-order valence-corrected chi connectivity index (χ1v) is 7.27. The number of hydrogen-bond donors (Lipinski definition) is 1. The number of hydrogen-bond acceptors (Lipinski definition) is 2. The summed E-state index contributed by atoms with van der Waals surface area (Å²) in [7, 11) is 0. The number of ether oxygens (including phenoxy) is 1. The van der Waals surface area contributed by atoms with Crippen molar-refractivity contribution in [2.24, 2.45) is 5.92 Å². The molecule has 0 bridgehead atoms. The summed E-state index contributed by atoms with van der Waals surface area (Å²) in [6, 6.07) is 6.12. The summed E-state index contributed by atoms with van der Waals surface area (Å²) in [5.41, 5.74) is 2.33. The van der Waals surface area contributed by atoms with Crippen LogP contribution in [0.25, 0.3) is 0 Å². The van der Waals surface area contributed by atoms with Crippen LogP contribution in [0.5, 0.6) is 5.75 Å². The number of aliphatic hydroxyl groups excluding tert-OH is 1. The zero-order chi connectivity index (χ0) is 12.4. The number of fused-ring (bicyclic) bond motifs is 1. The molecule has 0 amide bonds. The minimum atomic E-state index is -0.288. The van der Waals surface area contributed by atoms with E-state index in [9.17, 15) is 5.11 Å². The van der Waals surface area contributed by atoms with Gasteiger partial charge >= 0.3 is 0 Å². The summed E-state index contributed by atoms with van der Waals surface area (Å²) in [5.74, 6) is 1.76. The molecule has 0 aliphatic heterocycles. The van der Waals surface area contributed by atoms with Gasteiger partial charge in [-0.05, 0) is 55.2 Å². The first-order valence-electron chi connectivity index (χ1n) is 7.27. The van der Waals surface area contributed by atoms with Gasteiger partial charge in [-0.25, -0.2) is 0 Å². The molecule has 2 aliphatic carbocycles. The molecule has 1 aromatic rings. The largest absolute Gasteiger partial charge is 0.493 e. The number of rotatable bonds is 3. The highest BCUT2D eigenvalue weighted by atomic mass is 16.5. The van der Waals surface area contributed by atoms with Crippen molar-refractivity contribution in [1.82, 2.24) is 0 Å². The molecule has 18 heavy (non-hydrogen) atoms. The Morgan fingerprint density at radius 1 is 1.11 bits per heavy atom. The van der Waals surface area contributed by atoms with E-state index in [0.29, 0.717) is 0 Å². The van der Waals surface area contributed by atoms with Crippen LogP contribution in [0.3, 0.4) is 0 Å². The van der Waals surface area contributed by atoms with Crippen molar-refractivity contribution in [3.63, 3.8) is 0 Å². The Morgan fingerprint density at radius 3 is 2.78 bits per heavy atom. The fraction of sp³-hybridized carbons (Fsp3) is 0.625. The third-order valence-electron chi connectivity index (χ3n) is 4.38. The van der Waals surface area contributed by atoms with E-state index in [0.717, 1.165) is 43.1 Å². The Morgan fingerprint density at radius 2 is 1.94 bits per heavy atom. The maximum atomic E-state index is 10.0. The molecule has 3 rings (SSSR count). The van der Waals surface area contributed by atoms with Crippen molar-refractivity contribution in [1.29, 1.82) is 0 Å². The maximum Gasteiger partial charge on any atom is 0.122 e. The van der Waals surface area contributed by atoms with Crippen LogP contribution in [0, 0.1) is 5.92 Å². The van der Waals surface area contributed by atoms with E-state index in [-0.39, 0.29) is 6.10 Å². The van der Waals surface area contributed by atoms with Gasteiger partial charge in [0.1, 0.15) is 5.75 Å². The van der Waals surface area contributed by atoms with E-state index >= 15 is 0 Å². The predicted octanol–water partition coefficient (Wildman–Crippen LogP) is 3.63. The van der Waals surface area contributed by atoms with Crippen molar-refractivity contribution in [3.05, 3.63) is 29.3 Å². The van der Waals surface area contributed by atoms with E-state index < -0.39 is 0 Å². The number of aliphatic hydroxyl groups is 1. The summed E-state index contributed by atoms with van der Waals surface area (Å²) in [6.07, 6.45) is 8.07. The SMILES string of the molecule is OC1CCCc2c(OCC3CCCC3)cccc21. The van der Waals surface area contributed by atoms with Gasteiger partial charge in [-0.3, -0.25) is 0 Å². The summed E-state index contributed by atoms with van der Waals surface area (Å²) >= 11 is 0. The average molecular weight is 246 g/mol. The lowest BCUT2D eigenvalue weighted by atomic mass is 9.89. The summed E-state index contributed by atoms with van der Waals surface area (Å²) in [6.45, 7) is 0.854. The van der Waals surface area contributed by atoms with Crippen molar-refractivity contribution < 1.29 is 9.84 Å². The van der Waals surface area contributed by atoms with E-state index in [2.05, 4.69) is 6.07 Å². The molecular formula is C16H22O2. The smallest absolute Gasteiger partial charge is 0.122 e.